The zero-order valence-corrected chi connectivity index (χ0v) is 8.12. The van der Waals surface area contributed by atoms with Crippen LogP contribution >= 0.6 is 0 Å². The van der Waals surface area contributed by atoms with Crippen molar-refractivity contribution in [3.63, 3.8) is 0 Å². The monoisotopic (exact) mass is 207 g/mol. The van der Waals surface area contributed by atoms with Gasteiger partial charge in [0.2, 0.25) is 5.67 Å². The van der Waals surface area contributed by atoms with Gasteiger partial charge in [-0.2, -0.15) is 0 Å². The van der Waals surface area contributed by atoms with E-state index in [-0.39, 0.29) is 5.56 Å². The van der Waals surface area contributed by atoms with Crippen molar-refractivity contribution in [2.75, 3.05) is 0 Å². The molecule has 0 fully saturated rings. The Kier molecular flexibility index (Phi) is 2.00. The Morgan fingerprint density at radius 1 is 1.47 bits per heavy atom. The van der Waals surface area contributed by atoms with Crippen molar-refractivity contribution in [3.8, 4) is 0 Å². The van der Waals surface area contributed by atoms with Gasteiger partial charge in [-0.15, -0.1) is 0 Å². The van der Waals surface area contributed by atoms with E-state index >= 15 is 0 Å². The van der Waals surface area contributed by atoms with Gasteiger partial charge in [-0.1, -0.05) is 18.2 Å². The largest absolute Gasteiger partial charge is 0.479 e. The number of carbonyl (C=O) groups is 1. The minimum absolute atomic E-state index is 0.158. The first-order chi connectivity index (χ1) is 7.03. The number of aromatic amines is 1. The van der Waals surface area contributed by atoms with Gasteiger partial charge in [0.1, 0.15) is 0 Å². The summed E-state index contributed by atoms with van der Waals surface area (Å²) in [5.41, 5.74) is -1.47. The highest BCUT2D eigenvalue weighted by atomic mass is 19.1. The summed E-state index contributed by atoms with van der Waals surface area (Å²) < 4.78 is 13.9. The molecule has 0 aliphatic carbocycles. The fraction of sp³-hybridized carbons (Fsp3) is 0.182. The topological polar surface area (TPSA) is 53.1 Å². The number of H-pyrrole nitrogens is 1. The normalized spacial score (nSPS) is 15.1. The highest BCUT2D eigenvalue weighted by Crippen LogP contribution is 2.31. The molecule has 1 unspecified atom stereocenters. The Labute approximate surface area is 85.5 Å². The van der Waals surface area contributed by atoms with Crippen molar-refractivity contribution < 1.29 is 14.3 Å². The van der Waals surface area contributed by atoms with Gasteiger partial charge in [-0.25, -0.2) is 9.18 Å². The maximum absolute atomic E-state index is 13.9. The maximum Gasteiger partial charge on any atom is 0.345 e. The van der Waals surface area contributed by atoms with Crippen LogP contribution in [0, 0.1) is 0 Å². The van der Waals surface area contributed by atoms with Crippen LogP contribution in [0.25, 0.3) is 10.9 Å². The van der Waals surface area contributed by atoms with Crippen molar-refractivity contribution in [2.45, 2.75) is 12.6 Å². The smallest absolute Gasteiger partial charge is 0.345 e. The number of hydrogen-bond donors (Lipinski definition) is 2. The van der Waals surface area contributed by atoms with Gasteiger partial charge in [0.25, 0.3) is 0 Å². The van der Waals surface area contributed by atoms with Crippen molar-refractivity contribution >= 4 is 16.9 Å². The Balaban J connectivity index is 2.67. The number of carboxylic acid groups (broad SMARTS) is 1. The van der Waals surface area contributed by atoms with Crippen LogP contribution in [0.1, 0.15) is 12.5 Å². The van der Waals surface area contributed by atoms with Gasteiger partial charge in [0.05, 0.1) is 0 Å². The Morgan fingerprint density at radius 2 is 2.13 bits per heavy atom. The van der Waals surface area contributed by atoms with Gasteiger partial charge < -0.3 is 10.1 Å². The second-order valence-electron chi connectivity index (χ2n) is 3.56. The summed E-state index contributed by atoms with van der Waals surface area (Å²) in [7, 11) is 0. The molecule has 3 nitrogen and oxygen atoms in total. The van der Waals surface area contributed by atoms with Crippen LogP contribution in [-0.4, -0.2) is 16.1 Å². The number of benzene rings is 1. The van der Waals surface area contributed by atoms with Crippen LogP contribution < -0.4 is 0 Å². The lowest BCUT2D eigenvalue weighted by Crippen LogP contribution is -2.26. The molecule has 15 heavy (non-hydrogen) atoms. The number of nitrogens with one attached hydrogen (secondary N) is 1. The van der Waals surface area contributed by atoms with Crippen LogP contribution in [0.5, 0.6) is 0 Å². The summed E-state index contributed by atoms with van der Waals surface area (Å²) in [5, 5.41) is 9.39. The van der Waals surface area contributed by atoms with E-state index in [0.717, 1.165) is 12.4 Å². The van der Waals surface area contributed by atoms with Crippen LogP contribution in [0.2, 0.25) is 0 Å². The maximum atomic E-state index is 13.9. The number of hydrogen-bond acceptors (Lipinski definition) is 1. The average molecular weight is 207 g/mol. The van der Waals surface area contributed by atoms with Crippen LogP contribution in [0.3, 0.4) is 0 Å². The highest BCUT2D eigenvalue weighted by Gasteiger charge is 2.37. The summed E-state index contributed by atoms with van der Waals surface area (Å²) in [4.78, 5) is 13.6. The van der Waals surface area contributed by atoms with Crippen LogP contribution in [0.4, 0.5) is 4.39 Å². The Bertz CT molecular complexity index is 516. The van der Waals surface area contributed by atoms with E-state index in [9.17, 15) is 9.18 Å². The van der Waals surface area contributed by atoms with Crippen LogP contribution in [0.15, 0.2) is 30.5 Å². The van der Waals surface area contributed by atoms with Gasteiger partial charge in [0, 0.05) is 22.7 Å². The second kappa shape index (κ2) is 3.08. The van der Waals surface area contributed by atoms with E-state index in [1.807, 2.05) is 0 Å². The van der Waals surface area contributed by atoms with E-state index < -0.39 is 11.6 Å². The zero-order valence-electron chi connectivity index (χ0n) is 8.12. The molecule has 4 heteroatoms. The Hall–Kier alpha value is -1.84. The van der Waals surface area contributed by atoms with Gasteiger partial charge in [0.15, 0.2) is 0 Å². The van der Waals surface area contributed by atoms with E-state index in [0.29, 0.717) is 5.39 Å². The predicted octanol–water partition coefficient (Wildman–Crippen LogP) is 2.44. The molecule has 0 saturated heterocycles. The van der Waals surface area contributed by atoms with Gasteiger partial charge in [-0.05, 0) is 13.0 Å². The van der Waals surface area contributed by atoms with Gasteiger partial charge >= 0.3 is 5.97 Å². The number of alkyl halides is 1. The molecule has 1 aromatic carbocycles. The summed E-state index contributed by atoms with van der Waals surface area (Å²) in [6, 6.07) is 7.02. The molecule has 0 saturated carbocycles. The molecule has 2 N–H and O–H groups in total. The Morgan fingerprint density at radius 3 is 2.80 bits per heavy atom. The minimum Gasteiger partial charge on any atom is -0.479 e. The lowest BCUT2D eigenvalue weighted by Gasteiger charge is -2.13. The third kappa shape index (κ3) is 1.38. The first-order valence-corrected chi connectivity index (χ1v) is 4.52. The fourth-order valence-electron chi connectivity index (χ4n) is 1.58. The zero-order chi connectivity index (χ0) is 11.1. The van der Waals surface area contributed by atoms with Crippen LogP contribution in [-0.2, 0) is 10.5 Å². The third-order valence-corrected chi connectivity index (χ3v) is 2.50. The third-order valence-electron chi connectivity index (χ3n) is 2.50. The summed E-state index contributed by atoms with van der Waals surface area (Å²) in [6.07, 6.45) is 1.40. The molecule has 0 radical (unpaired) electrons. The van der Waals surface area contributed by atoms with E-state index in [1.54, 1.807) is 24.3 Å². The van der Waals surface area contributed by atoms with Crippen molar-refractivity contribution in [1.82, 2.24) is 4.98 Å². The lowest BCUT2D eigenvalue weighted by molar-refractivity contribution is -0.150. The molecule has 1 atom stereocenters. The first kappa shape index (κ1) is 9.71. The number of halogens is 1. The molecule has 0 aliphatic heterocycles. The number of para-hydroxylation sites is 1. The molecule has 0 spiro atoms. The molecule has 1 aromatic heterocycles. The molecule has 0 bridgehead atoms. The average Bonchev–Trinajstić information content (AvgIpc) is 2.61. The molecule has 1 heterocycles. The molecular formula is C11H10FNO2. The fourth-order valence-corrected chi connectivity index (χ4v) is 1.58. The summed E-state index contributed by atoms with van der Waals surface area (Å²) in [5.74, 6) is -1.48. The van der Waals surface area contributed by atoms with Crippen molar-refractivity contribution in [3.05, 3.63) is 36.0 Å². The van der Waals surface area contributed by atoms with Crippen molar-refractivity contribution in [1.29, 1.82) is 0 Å². The summed E-state index contributed by atoms with van der Waals surface area (Å²) >= 11 is 0. The second-order valence-corrected chi connectivity index (χ2v) is 3.56. The lowest BCUT2D eigenvalue weighted by atomic mass is 9.98. The predicted molar refractivity (Wildman–Crippen MR) is 54.4 cm³/mol. The molecule has 0 aliphatic rings. The molecule has 2 rings (SSSR count). The standard InChI is InChI=1S/C11H10FNO2/c1-11(12,10(14)15)8-6-13-9-5-3-2-4-7(8)9/h2-6,13H,1H3,(H,14,15). The number of carboxylic acids is 1. The number of aromatic nitrogens is 1. The SMILES string of the molecule is CC(F)(C(=O)O)c1c[nH]c2ccccc12. The van der Waals surface area contributed by atoms with Gasteiger partial charge in [-0.3, -0.25) is 0 Å². The van der Waals surface area contributed by atoms with E-state index in [4.69, 9.17) is 5.11 Å². The number of rotatable bonds is 2. The van der Waals surface area contributed by atoms with E-state index in [1.165, 1.54) is 6.20 Å². The molecule has 0 amide bonds. The summed E-state index contributed by atoms with van der Waals surface area (Å²) in [6.45, 7) is 1.05. The highest BCUT2D eigenvalue weighted by molar-refractivity contribution is 5.90. The molecular weight excluding hydrogens is 197 g/mol. The first-order valence-electron chi connectivity index (χ1n) is 4.52. The van der Waals surface area contributed by atoms with E-state index in [2.05, 4.69) is 4.98 Å². The minimum atomic E-state index is -2.36. The molecule has 78 valence electrons. The molecule has 2 aromatic rings. The van der Waals surface area contributed by atoms with Crippen molar-refractivity contribution in [2.24, 2.45) is 0 Å². The number of aliphatic carboxylic acids is 1. The quantitative estimate of drug-likeness (QED) is 0.794. The number of fused-ring (bicyclic) bond motifs is 1.